The highest BCUT2D eigenvalue weighted by Crippen LogP contribution is 2.23. The monoisotopic (exact) mass is 293 g/mol. The maximum atomic E-state index is 12.2. The Morgan fingerprint density at radius 2 is 1.84 bits per heavy atom. The van der Waals surface area contributed by atoms with Crippen molar-refractivity contribution < 1.29 is 4.79 Å². The van der Waals surface area contributed by atoms with Crippen molar-refractivity contribution in [2.75, 3.05) is 5.32 Å². The first-order valence-corrected chi connectivity index (χ1v) is 6.57. The highest BCUT2D eigenvalue weighted by molar-refractivity contribution is 6.37. The Hall–Kier alpha value is -1.51. The van der Waals surface area contributed by atoms with Crippen LogP contribution in [0.15, 0.2) is 36.4 Å². The predicted octanol–water partition coefficient (Wildman–Crippen LogP) is 4.86. The summed E-state index contributed by atoms with van der Waals surface area (Å²) in [5.41, 5.74) is 3.36. The lowest BCUT2D eigenvalue weighted by Gasteiger charge is -2.11. The summed E-state index contributed by atoms with van der Waals surface area (Å²) in [5.74, 6) is -0.240. The zero-order chi connectivity index (χ0) is 14.0. The van der Waals surface area contributed by atoms with Gasteiger partial charge in [0.25, 0.3) is 5.91 Å². The third-order valence-electron chi connectivity index (χ3n) is 3.03. The van der Waals surface area contributed by atoms with Gasteiger partial charge < -0.3 is 5.32 Å². The summed E-state index contributed by atoms with van der Waals surface area (Å²) in [6.45, 7) is 3.97. The van der Waals surface area contributed by atoms with E-state index in [-0.39, 0.29) is 5.91 Å². The predicted molar refractivity (Wildman–Crippen MR) is 80.3 cm³/mol. The standard InChI is InChI=1S/C15H13Cl2NO/c1-9-4-3-5-14(10(9)2)18-15(19)12-7-6-11(16)8-13(12)17/h3-8H,1-2H3,(H,18,19). The molecule has 1 amide bonds. The van der Waals surface area contributed by atoms with Gasteiger partial charge >= 0.3 is 0 Å². The molecule has 0 saturated heterocycles. The number of nitrogens with one attached hydrogen (secondary N) is 1. The smallest absolute Gasteiger partial charge is 0.257 e. The number of amides is 1. The van der Waals surface area contributed by atoms with Gasteiger partial charge in [-0.1, -0.05) is 35.3 Å². The van der Waals surface area contributed by atoms with E-state index in [1.54, 1.807) is 18.2 Å². The van der Waals surface area contributed by atoms with Crippen LogP contribution in [0.2, 0.25) is 10.0 Å². The molecule has 1 N–H and O–H groups in total. The Labute approximate surface area is 122 Å². The van der Waals surface area contributed by atoms with Crippen molar-refractivity contribution >= 4 is 34.8 Å². The molecule has 0 heterocycles. The van der Waals surface area contributed by atoms with Crippen LogP contribution in [-0.2, 0) is 0 Å². The van der Waals surface area contributed by atoms with Crippen LogP contribution in [-0.4, -0.2) is 5.91 Å². The zero-order valence-corrected chi connectivity index (χ0v) is 12.1. The van der Waals surface area contributed by atoms with Crippen molar-refractivity contribution in [1.29, 1.82) is 0 Å². The number of carbonyl (C=O) groups excluding carboxylic acids is 1. The van der Waals surface area contributed by atoms with E-state index in [2.05, 4.69) is 5.32 Å². The minimum absolute atomic E-state index is 0.240. The second-order valence-corrected chi connectivity index (χ2v) is 5.17. The van der Waals surface area contributed by atoms with Gasteiger partial charge in [-0.3, -0.25) is 4.79 Å². The van der Waals surface area contributed by atoms with Crippen LogP contribution in [0.3, 0.4) is 0 Å². The molecule has 0 unspecified atom stereocenters. The number of benzene rings is 2. The van der Waals surface area contributed by atoms with Gasteiger partial charge in [-0.25, -0.2) is 0 Å². The average molecular weight is 294 g/mol. The number of rotatable bonds is 2. The largest absolute Gasteiger partial charge is 0.322 e. The summed E-state index contributed by atoms with van der Waals surface area (Å²) in [6.07, 6.45) is 0. The molecule has 0 aliphatic carbocycles. The van der Waals surface area contributed by atoms with Gasteiger partial charge in [-0.2, -0.15) is 0 Å². The second kappa shape index (κ2) is 5.64. The van der Waals surface area contributed by atoms with E-state index in [1.807, 2.05) is 32.0 Å². The molecule has 2 nitrogen and oxygen atoms in total. The molecule has 0 aliphatic rings. The fraction of sp³-hybridized carbons (Fsp3) is 0.133. The van der Waals surface area contributed by atoms with E-state index < -0.39 is 0 Å². The topological polar surface area (TPSA) is 29.1 Å². The van der Waals surface area contributed by atoms with E-state index in [1.165, 1.54) is 0 Å². The second-order valence-electron chi connectivity index (χ2n) is 4.33. The first kappa shape index (κ1) is 13.9. The first-order valence-electron chi connectivity index (χ1n) is 5.81. The zero-order valence-electron chi connectivity index (χ0n) is 10.6. The lowest BCUT2D eigenvalue weighted by molar-refractivity contribution is 0.102. The van der Waals surface area contributed by atoms with Crippen LogP contribution >= 0.6 is 23.2 Å². The number of hydrogen-bond acceptors (Lipinski definition) is 1. The normalized spacial score (nSPS) is 10.3. The Bertz CT molecular complexity index is 638. The fourth-order valence-electron chi connectivity index (χ4n) is 1.75. The Morgan fingerprint density at radius 3 is 2.53 bits per heavy atom. The fourth-order valence-corrected chi connectivity index (χ4v) is 2.24. The van der Waals surface area contributed by atoms with Gasteiger partial charge in [0.05, 0.1) is 10.6 Å². The van der Waals surface area contributed by atoms with Crippen LogP contribution in [0.1, 0.15) is 21.5 Å². The molecule has 2 rings (SSSR count). The quantitative estimate of drug-likeness (QED) is 0.841. The maximum Gasteiger partial charge on any atom is 0.257 e. The highest BCUT2D eigenvalue weighted by atomic mass is 35.5. The molecule has 0 fully saturated rings. The minimum atomic E-state index is -0.240. The number of anilines is 1. The molecule has 0 aliphatic heterocycles. The van der Waals surface area contributed by atoms with Crippen molar-refractivity contribution in [2.24, 2.45) is 0 Å². The van der Waals surface area contributed by atoms with Crippen LogP contribution in [0.4, 0.5) is 5.69 Å². The number of aryl methyl sites for hydroxylation is 1. The van der Waals surface area contributed by atoms with E-state index in [9.17, 15) is 4.79 Å². The molecule has 19 heavy (non-hydrogen) atoms. The van der Waals surface area contributed by atoms with Crippen molar-refractivity contribution in [3.05, 3.63) is 63.1 Å². The van der Waals surface area contributed by atoms with Gasteiger partial charge in [0.2, 0.25) is 0 Å². The molecule has 2 aromatic rings. The maximum absolute atomic E-state index is 12.2. The summed E-state index contributed by atoms with van der Waals surface area (Å²) in [7, 11) is 0. The van der Waals surface area contributed by atoms with Gasteiger partial charge in [-0.15, -0.1) is 0 Å². The molecule has 2 aromatic carbocycles. The van der Waals surface area contributed by atoms with Crippen molar-refractivity contribution in [3.8, 4) is 0 Å². The lowest BCUT2D eigenvalue weighted by Crippen LogP contribution is -2.13. The summed E-state index contributed by atoms with van der Waals surface area (Å²) < 4.78 is 0. The third-order valence-corrected chi connectivity index (χ3v) is 3.58. The van der Waals surface area contributed by atoms with E-state index in [0.29, 0.717) is 15.6 Å². The number of hydrogen-bond donors (Lipinski definition) is 1. The van der Waals surface area contributed by atoms with Gasteiger partial charge in [0.15, 0.2) is 0 Å². The van der Waals surface area contributed by atoms with Gasteiger partial charge in [0.1, 0.15) is 0 Å². The third kappa shape index (κ3) is 3.09. The van der Waals surface area contributed by atoms with E-state index in [0.717, 1.165) is 16.8 Å². The van der Waals surface area contributed by atoms with Crippen molar-refractivity contribution in [2.45, 2.75) is 13.8 Å². The Morgan fingerprint density at radius 1 is 1.11 bits per heavy atom. The van der Waals surface area contributed by atoms with Crippen molar-refractivity contribution in [3.63, 3.8) is 0 Å². The molecule has 0 atom stereocenters. The highest BCUT2D eigenvalue weighted by Gasteiger charge is 2.12. The molecule has 0 radical (unpaired) electrons. The first-order chi connectivity index (χ1) is 8.99. The van der Waals surface area contributed by atoms with Crippen LogP contribution in [0.25, 0.3) is 0 Å². The van der Waals surface area contributed by atoms with Crippen LogP contribution in [0, 0.1) is 13.8 Å². The molecule has 4 heteroatoms. The summed E-state index contributed by atoms with van der Waals surface area (Å²) >= 11 is 11.8. The summed E-state index contributed by atoms with van der Waals surface area (Å²) in [6, 6.07) is 10.6. The molecule has 0 spiro atoms. The number of carbonyl (C=O) groups is 1. The van der Waals surface area contributed by atoms with E-state index >= 15 is 0 Å². The van der Waals surface area contributed by atoms with Gasteiger partial charge in [-0.05, 0) is 49.2 Å². The summed E-state index contributed by atoms with van der Waals surface area (Å²) in [5, 5.41) is 3.71. The SMILES string of the molecule is Cc1cccc(NC(=O)c2ccc(Cl)cc2Cl)c1C. The number of halogens is 2. The Balaban J connectivity index is 2.28. The van der Waals surface area contributed by atoms with Crippen LogP contribution in [0.5, 0.6) is 0 Å². The summed E-state index contributed by atoms with van der Waals surface area (Å²) in [4.78, 5) is 12.2. The molecule has 0 aromatic heterocycles. The molecule has 0 saturated carbocycles. The van der Waals surface area contributed by atoms with E-state index in [4.69, 9.17) is 23.2 Å². The molecule has 0 bridgehead atoms. The van der Waals surface area contributed by atoms with Crippen molar-refractivity contribution in [1.82, 2.24) is 0 Å². The lowest BCUT2D eigenvalue weighted by atomic mass is 10.1. The Kier molecular flexibility index (Phi) is 4.13. The van der Waals surface area contributed by atoms with Crippen LogP contribution < -0.4 is 5.32 Å². The molecule has 98 valence electrons. The molecular formula is C15H13Cl2NO. The molecular weight excluding hydrogens is 281 g/mol. The average Bonchev–Trinajstić information content (AvgIpc) is 2.34. The minimum Gasteiger partial charge on any atom is -0.322 e. The van der Waals surface area contributed by atoms with Gasteiger partial charge in [0, 0.05) is 10.7 Å².